The van der Waals surface area contributed by atoms with Gasteiger partial charge in [-0.25, -0.2) is 9.59 Å². The van der Waals surface area contributed by atoms with Crippen LogP contribution in [0.3, 0.4) is 0 Å². The third kappa shape index (κ3) is 4.93. The first-order chi connectivity index (χ1) is 14.5. The smallest absolute Gasteiger partial charge is 0.408 e. The van der Waals surface area contributed by atoms with Crippen LogP contribution < -0.4 is 10.6 Å². The Labute approximate surface area is 182 Å². The number of ether oxygens (including phenoxy) is 1. The van der Waals surface area contributed by atoms with Crippen LogP contribution in [0, 0.1) is 0 Å². The molecule has 1 unspecified atom stereocenters. The van der Waals surface area contributed by atoms with Gasteiger partial charge in [0.1, 0.15) is 34.5 Å². The van der Waals surface area contributed by atoms with Crippen molar-refractivity contribution in [1.82, 2.24) is 15.5 Å². The number of nitrogens with zero attached hydrogens (tertiary/aromatic N) is 1. The maximum Gasteiger partial charge on any atom is 0.408 e. The normalized spacial score (nSPS) is 21.2. The molecule has 2 aliphatic heterocycles. The van der Waals surface area contributed by atoms with Crippen LogP contribution in [0.25, 0.3) is 0 Å². The number of amides is 3. The van der Waals surface area contributed by atoms with Gasteiger partial charge in [0, 0.05) is 5.75 Å². The highest BCUT2D eigenvalue weighted by Gasteiger charge is 2.53. The number of rotatable bonds is 5. The quantitative estimate of drug-likeness (QED) is 0.493. The Morgan fingerprint density at radius 2 is 1.87 bits per heavy atom. The summed E-state index contributed by atoms with van der Waals surface area (Å²) in [5, 5.41) is 23.3. The minimum Gasteiger partial charge on any atom is -0.508 e. The number of carboxylic acids is 1. The summed E-state index contributed by atoms with van der Waals surface area (Å²) in [6, 6.07) is 3.53. The van der Waals surface area contributed by atoms with E-state index in [2.05, 4.69) is 10.6 Å². The number of carboxylic acid groups (broad SMARTS) is 1. The largest absolute Gasteiger partial charge is 0.508 e. The lowest BCUT2D eigenvalue weighted by Gasteiger charge is -2.48. The molecule has 4 N–H and O–H groups in total. The zero-order valence-electron chi connectivity index (χ0n) is 17.1. The highest BCUT2D eigenvalue weighted by Crippen LogP contribution is 2.37. The maximum atomic E-state index is 13.0. The lowest BCUT2D eigenvalue weighted by molar-refractivity contribution is -0.150. The van der Waals surface area contributed by atoms with Crippen molar-refractivity contribution in [3.63, 3.8) is 0 Å². The van der Waals surface area contributed by atoms with Gasteiger partial charge in [0.25, 0.3) is 5.91 Å². The number of β-lactam (4-membered cyclic amide) rings is 1. The summed E-state index contributed by atoms with van der Waals surface area (Å²) in [7, 11) is 0. The number of hydrogen-bond acceptors (Lipinski definition) is 7. The standard InChI is InChI=1S/C20H23N3O7S/c1-20(2,3)30-19(29)22-13(10-4-6-11(24)7-5-10)15(25)21-14-16(26)23-12(18(27)28)8-9-31-17(14)23/h4-8,13-14,17,24H,9H2,1-3H3,(H,21,25)(H,22,29)(H,27,28)/t13-,14?,17-/m1/s1. The van der Waals surface area contributed by atoms with Gasteiger partial charge in [0.15, 0.2) is 0 Å². The first-order valence-corrected chi connectivity index (χ1v) is 10.5. The van der Waals surface area contributed by atoms with Crippen LogP contribution >= 0.6 is 11.8 Å². The molecule has 1 aromatic carbocycles. The number of phenolic OH excluding ortho intramolecular Hbond substituents is 1. The molecule has 0 bridgehead atoms. The van der Waals surface area contributed by atoms with Crippen LogP contribution in [0.2, 0.25) is 0 Å². The number of carbonyl (C=O) groups is 4. The average Bonchev–Trinajstić information content (AvgIpc) is 2.68. The van der Waals surface area contributed by atoms with Gasteiger partial charge in [-0.05, 0) is 44.5 Å². The Bertz CT molecular complexity index is 939. The van der Waals surface area contributed by atoms with Crippen molar-refractivity contribution in [3.8, 4) is 5.75 Å². The molecular weight excluding hydrogens is 426 g/mol. The molecule has 10 nitrogen and oxygen atoms in total. The number of hydrogen-bond donors (Lipinski definition) is 4. The summed E-state index contributed by atoms with van der Waals surface area (Å²) in [5.74, 6) is -2.05. The zero-order chi connectivity index (χ0) is 22.9. The summed E-state index contributed by atoms with van der Waals surface area (Å²) >= 11 is 1.32. The van der Waals surface area contributed by atoms with E-state index < -0.39 is 46.9 Å². The molecule has 0 spiro atoms. The maximum absolute atomic E-state index is 13.0. The second-order valence-corrected chi connectivity index (χ2v) is 9.13. The van der Waals surface area contributed by atoms with Crippen molar-refractivity contribution >= 4 is 35.6 Å². The number of aromatic hydroxyl groups is 1. The van der Waals surface area contributed by atoms with Crippen LogP contribution in [0.5, 0.6) is 5.75 Å². The third-order valence-corrected chi connectivity index (χ3v) is 5.70. The number of nitrogens with one attached hydrogen (secondary N) is 2. The summed E-state index contributed by atoms with van der Waals surface area (Å²) in [6.07, 6.45) is 0.619. The fraction of sp³-hybridized carbons (Fsp3) is 0.400. The van der Waals surface area contributed by atoms with Gasteiger partial charge in [0.05, 0.1) is 0 Å². The minimum atomic E-state index is -1.21. The van der Waals surface area contributed by atoms with Crippen molar-refractivity contribution in [2.75, 3.05) is 5.75 Å². The molecule has 1 fully saturated rings. The molecule has 31 heavy (non-hydrogen) atoms. The highest BCUT2D eigenvalue weighted by molar-refractivity contribution is 8.00. The van der Waals surface area contributed by atoms with E-state index in [4.69, 9.17) is 4.74 Å². The van der Waals surface area contributed by atoms with E-state index >= 15 is 0 Å². The molecule has 3 rings (SSSR count). The molecule has 11 heteroatoms. The Hall–Kier alpha value is -3.21. The van der Waals surface area contributed by atoms with Gasteiger partial charge in [-0.3, -0.25) is 14.5 Å². The van der Waals surface area contributed by atoms with E-state index in [0.29, 0.717) is 11.3 Å². The topological polar surface area (TPSA) is 145 Å². The summed E-state index contributed by atoms with van der Waals surface area (Å²) < 4.78 is 5.22. The van der Waals surface area contributed by atoms with Crippen molar-refractivity contribution in [2.45, 2.75) is 43.8 Å². The monoisotopic (exact) mass is 449 g/mol. The molecule has 2 aliphatic rings. The number of thioether (sulfide) groups is 1. The molecule has 3 atom stereocenters. The van der Waals surface area contributed by atoms with Crippen molar-refractivity contribution in [2.24, 2.45) is 0 Å². The van der Waals surface area contributed by atoms with Crippen molar-refractivity contribution < 1.29 is 34.1 Å². The third-order valence-electron chi connectivity index (χ3n) is 4.51. The van der Waals surface area contributed by atoms with Crippen LogP contribution in [0.15, 0.2) is 36.0 Å². The Morgan fingerprint density at radius 1 is 1.23 bits per heavy atom. The second-order valence-electron chi connectivity index (χ2n) is 7.98. The van der Waals surface area contributed by atoms with Gasteiger partial charge >= 0.3 is 12.1 Å². The molecule has 3 amide bonds. The van der Waals surface area contributed by atoms with Gasteiger partial charge in [-0.15, -0.1) is 11.8 Å². The van der Waals surface area contributed by atoms with Crippen LogP contribution in [-0.2, 0) is 19.1 Å². The van der Waals surface area contributed by atoms with E-state index in [1.807, 2.05) is 0 Å². The second kappa shape index (κ2) is 8.50. The molecule has 0 aliphatic carbocycles. The summed E-state index contributed by atoms with van der Waals surface area (Å²) in [5.41, 5.74) is -0.531. The van der Waals surface area contributed by atoms with Crippen molar-refractivity contribution in [3.05, 3.63) is 41.6 Å². The first-order valence-electron chi connectivity index (χ1n) is 9.45. The van der Waals surface area contributed by atoms with E-state index in [9.17, 15) is 29.4 Å². The Kier molecular flexibility index (Phi) is 6.16. The average molecular weight is 449 g/mol. The number of phenols is 1. The predicted molar refractivity (Wildman–Crippen MR) is 111 cm³/mol. The van der Waals surface area contributed by atoms with Gasteiger partial charge < -0.3 is 25.6 Å². The Morgan fingerprint density at radius 3 is 2.45 bits per heavy atom. The molecule has 1 saturated heterocycles. The van der Waals surface area contributed by atoms with Crippen LogP contribution in [0.4, 0.5) is 4.79 Å². The molecule has 0 aromatic heterocycles. The number of aliphatic carboxylic acids is 1. The first kappa shape index (κ1) is 22.5. The zero-order valence-corrected chi connectivity index (χ0v) is 17.9. The number of carbonyl (C=O) groups excluding carboxylic acids is 3. The SMILES string of the molecule is CC(C)(C)OC(=O)N[C@@H](C(=O)NC1C(=O)N2C(C(=O)O)=CCS[C@H]12)c1ccc(O)cc1. The van der Waals surface area contributed by atoms with Gasteiger partial charge in [0.2, 0.25) is 5.91 Å². The number of fused-ring (bicyclic) bond motifs is 1. The fourth-order valence-electron chi connectivity index (χ4n) is 3.17. The van der Waals surface area contributed by atoms with E-state index in [1.165, 1.54) is 42.1 Å². The predicted octanol–water partition coefficient (Wildman–Crippen LogP) is 1.33. The van der Waals surface area contributed by atoms with Crippen molar-refractivity contribution in [1.29, 1.82) is 0 Å². The summed E-state index contributed by atoms with van der Waals surface area (Å²) in [6.45, 7) is 5.03. The molecule has 166 valence electrons. The van der Waals surface area contributed by atoms with Gasteiger partial charge in [-0.1, -0.05) is 12.1 Å². The fourth-order valence-corrected chi connectivity index (χ4v) is 4.36. The lowest BCUT2D eigenvalue weighted by Crippen LogP contribution is -2.70. The van der Waals surface area contributed by atoms with E-state index in [1.54, 1.807) is 20.8 Å². The Balaban J connectivity index is 1.77. The van der Waals surface area contributed by atoms with Crippen LogP contribution in [-0.4, -0.2) is 61.8 Å². The number of alkyl carbamates (subject to hydrolysis) is 1. The number of benzene rings is 1. The molecule has 0 radical (unpaired) electrons. The summed E-state index contributed by atoms with van der Waals surface area (Å²) in [4.78, 5) is 50.3. The molecule has 1 aromatic rings. The van der Waals surface area contributed by atoms with Gasteiger partial charge in [-0.2, -0.15) is 0 Å². The highest BCUT2D eigenvalue weighted by atomic mass is 32.2. The van der Waals surface area contributed by atoms with Crippen LogP contribution in [0.1, 0.15) is 32.4 Å². The molecular formula is C20H23N3O7S. The van der Waals surface area contributed by atoms with E-state index in [-0.39, 0.29) is 11.4 Å². The van der Waals surface area contributed by atoms with E-state index in [0.717, 1.165) is 4.90 Å². The lowest BCUT2D eigenvalue weighted by atomic mass is 10.0. The molecule has 2 heterocycles. The molecule has 0 saturated carbocycles. The minimum absolute atomic E-state index is 0.0171.